The molecule has 0 aliphatic carbocycles. The van der Waals surface area contributed by atoms with E-state index >= 15 is 0 Å². The number of nitrogens with one attached hydrogen (secondary N) is 1. The van der Waals surface area contributed by atoms with E-state index in [4.69, 9.17) is 4.74 Å². The number of hydrogen-bond acceptors (Lipinski definition) is 2. The summed E-state index contributed by atoms with van der Waals surface area (Å²) in [5, 5.41) is 3.24. The highest BCUT2D eigenvalue weighted by Gasteiger charge is 2.07. The van der Waals surface area contributed by atoms with Crippen LogP contribution in [0, 0.1) is 11.6 Å². The third-order valence-electron chi connectivity index (χ3n) is 2.97. The number of halogens is 3. The molecule has 0 aliphatic rings. The highest BCUT2D eigenvalue weighted by Crippen LogP contribution is 2.27. The molecule has 0 heterocycles. The molecule has 0 saturated carbocycles. The lowest BCUT2D eigenvalue weighted by atomic mass is 10.2. The Bertz CT molecular complexity index is 619. The van der Waals surface area contributed by atoms with Gasteiger partial charge in [0.05, 0.1) is 4.47 Å². The number of ether oxygens (including phenoxy) is 1. The molecule has 0 aliphatic heterocycles. The average molecular weight is 356 g/mol. The lowest BCUT2D eigenvalue weighted by Gasteiger charge is -2.11. The van der Waals surface area contributed by atoms with Crippen molar-refractivity contribution in [3.8, 4) is 5.75 Å². The van der Waals surface area contributed by atoms with E-state index in [0.29, 0.717) is 11.3 Å². The predicted octanol–water partition coefficient (Wildman–Crippen LogP) is 4.42. The van der Waals surface area contributed by atoms with E-state index in [2.05, 4.69) is 21.2 Å². The Kier molecular flexibility index (Phi) is 5.70. The summed E-state index contributed by atoms with van der Waals surface area (Å²) >= 11 is 3.44. The van der Waals surface area contributed by atoms with Crippen LogP contribution < -0.4 is 10.1 Å². The summed E-state index contributed by atoms with van der Waals surface area (Å²) in [6, 6.07) is 9.20. The summed E-state index contributed by atoms with van der Waals surface area (Å²) in [5.41, 5.74) is 1.45. The van der Waals surface area contributed by atoms with Crippen LogP contribution in [0.1, 0.15) is 18.1 Å². The van der Waals surface area contributed by atoms with Crippen LogP contribution in [0.3, 0.4) is 0 Å². The molecule has 0 fully saturated rings. The molecule has 2 aromatic carbocycles. The van der Waals surface area contributed by atoms with Gasteiger partial charge in [0.15, 0.2) is 0 Å². The van der Waals surface area contributed by atoms with Crippen LogP contribution >= 0.6 is 15.9 Å². The molecule has 2 nitrogen and oxygen atoms in total. The summed E-state index contributed by atoms with van der Waals surface area (Å²) in [6.45, 7) is 3.78. The van der Waals surface area contributed by atoms with Gasteiger partial charge >= 0.3 is 0 Å². The summed E-state index contributed by atoms with van der Waals surface area (Å²) in [4.78, 5) is 0. The topological polar surface area (TPSA) is 21.3 Å². The molecular formula is C16H16BrF2NO. The Morgan fingerprint density at radius 1 is 1.14 bits per heavy atom. The highest BCUT2D eigenvalue weighted by molar-refractivity contribution is 9.10. The lowest BCUT2D eigenvalue weighted by molar-refractivity contribution is 0.297. The van der Waals surface area contributed by atoms with Crippen molar-refractivity contribution in [1.82, 2.24) is 5.32 Å². The van der Waals surface area contributed by atoms with Crippen LogP contribution in [0.15, 0.2) is 40.9 Å². The van der Waals surface area contributed by atoms with Crippen molar-refractivity contribution >= 4 is 15.9 Å². The van der Waals surface area contributed by atoms with Gasteiger partial charge in [-0.25, -0.2) is 8.78 Å². The van der Waals surface area contributed by atoms with E-state index in [-0.39, 0.29) is 6.61 Å². The third-order valence-corrected chi connectivity index (χ3v) is 3.59. The Morgan fingerprint density at radius 3 is 2.62 bits per heavy atom. The average Bonchev–Trinajstić information content (AvgIpc) is 2.45. The normalized spacial score (nSPS) is 10.7. The van der Waals surface area contributed by atoms with Gasteiger partial charge in [-0.2, -0.15) is 0 Å². The minimum Gasteiger partial charge on any atom is -0.488 e. The first-order valence-corrected chi connectivity index (χ1v) is 7.45. The molecule has 0 bridgehead atoms. The first-order chi connectivity index (χ1) is 10.1. The van der Waals surface area contributed by atoms with E-state index < -0.39 is 11.6 Å². The SMILES string of the molecule is CCNCc1ccc(OCc2ccc(F)cc2F)c(Br)c1. The number of hydrogen-bond donors (Lipinski definition) is 1. The maximum atomic E-state index is 13.5. The quantitative estimate of drug-likeness (QED) is 0.828. The minimum absolute atomic E-state index is 0.0528. The number of benzene rings is 2. The van der Waals surface area contributed by atoms with Crippen LogP contribution in [0.4, 0.5) is 8.78 Å². The molecule has 2 aromatic rings. The maximum absolute atomic E-state index is 13.5. The van der Waals surface area contributed by atoms with E-state index in [1.165, 1.54) is 12.1 Å². The molecule has 0 saturated heterocycles. The summed E-state index contributed by atoms with van der Waals surface area (Å²) in [7, 11) is 0. The van der Waals surface area contributed by atoms with Gasteiger partial charge in [-0.15, -0.1) is 0 Å². The van der Waals surface area contributed by atoms with Crippen molar-refractivity contribution in [1.29, 1.82) is 0 Å². The predicted molar refractivity (Wildman–Crippen MR) is 82.2 cm³/mol. The van der Waals surface area contributed by atoms with Gasteiger partial charge in [0.25, 0.3) is 0 Å². The molecule has 112 valence electrons. The van der Waals surface area contributed by atoms with E-state index in [1.807, 2.05) is 25.1 Å². The van der Waals surface area contributed by atoms with Gasteiger partial charge in [-0.05, 0) is 52.3 Å². The van der Waals surface area contributed by atoms with Crippen LogP contribution in [0.2, 0.25) is 0 Å². The van der Waals surface area contributed by atoms with Crippen molar-refractivity contribution < 1.29 is 13.5 Å². The van der Waals surface area contributed by atoms with Gasteiger partial charge in [-0.1, -0.05) is 13.0 Å². The Balaban J connectivity index is 2.02. The molecule has 2 rings (SSSR count). The zero-order valence-corrected chi connectivity index (χ0v) is 13.2. The minimum atomic E-state index is -0.602. The molecule has 21 heavy (non-hydrogen) atoms. The van der Waals surface area contributed by atoms with Crippen molar-refractivity contribution in [2.24, 2.45) is 0 Å². The van der Waals surface area contributed by atoms with E-state index in [1.54, 1.807) is 0 Å². The Hall–Kier alpha value is -1.46. The molecule has 0 aromatic heterocycles. The first kappa shape index (κ1) is 15.9. The molecule has 0 unspecified atom stereocenters. The summed E-state index contributed by atoms with van der Waals surface area (Å²) in [6.07, 6.45) is 0. The fourth-order valence-electron chi connectivity index (χ4n) is 1.83. The van der Waals surface area contributed by atoms with Crippen molar-refractivity contribution in [2.75, 3.05) is 6.54 Å². The number of rotatable bonds is 6. The second kappa shape index (κ2) is 7.52. The maximum Gasteiger partial charge on any atom is 0.134 e. The smallest absolute Gasteiger partial charge is 0.134 e. The Labute approximate surface area is 131 Å². The fraction of sp³-hybridized carbons (Fsp3) is 0.250. The highest BCUT2D eigenvalue weighted by atomic mass is 79.9. The van der Waals surface area contributed by atoms with Gasteiger partial charge in [0.1, 0.15) is 24.0 Å². The lowest BCUT2D eigenvalue weighted by Crippen LogP contribution is -2.11. The molecular weight excluding hydrogens is 340 g/mol. The van der Waals surface area contributed by atoms with Crippen LogP contribution in [-0.4, -0.2) is 6.54 Å². The summed E-state index contributed by atoms with van der Waals surface area (Å²) in [5.74, 6) is -0.570. The van der Waals surface area contributed by atoms with Crippen molar-refractivity contribution in [2.45, 2.75) is 20.1 Å². The molecule has 0 amide bonds. The molecule has 1 N–H and O–H groups in total. The van der Waals surface area contributed by atoms with E-state index in [0.717, 1.165) is 29.2 Å². The molecule has 0 radical (unpaired) electrons. The summed E-state index contributed by atoms with van der Waals surface area (Å²) < 4.78 is 32.7. The third kappa shape index (κ3) is 4.51. The largest absolute Gasteiger partial charge is 0.488 e. The molecule has 0 atom stereocenters. The van der Waals surface area contributed by atoms with Crippen LogP contribution in [0.25, 0.3) is 0 Å². The van der Waals surface area contributed by atoms with Gasteiger partial charge < -0.3 is 10.1 Å². The molecule has 5 heteroatoms. The van der Waals surface area contributed by atoms with Crippen LogP contribution in [-0.2, 0) is 13.2 Å². The van der Waals surface area contributed by atoms with Crippen LogP contribution in [0.5, 0.6) is 5.75 Å². The van der Waals surface area contributed by atoms with Crippen molar-refractivity contribution in [3.05, 3.63) is 63.6 Å². The van der Waals surface area contributed by atoms with Crippen molar-refractivity contribution in [3.63, 3.8) is 0 Å². The second-order valence-corrected chi connectivity index (χ2v) is 5.42. The fourth-order valence-corrected chi connectivity index (χ4v) is 2.38. The van der Waals surface area contributed by atoms with Gasteiger partial charge in [-0.3, -0.25) is 0 Å². The standard InChI is InChI=1S/C16H16BrF2NO/c1-2-20-9-11-3-6-16(14(17)7-11)21-10-12-4-5-13(18)8-15(12)19/h3-8,20H,2,9-10H2,1H3. The van der Waals surface area contributed by atoms with E-state index in [9.17, 15) is 8.78 Å². The Morgan fingerprint density at radius 2 is 1.95 bits per heavy atom. The van der Waals surface area contributed by atoms with Gasteiger partial charge in [0, 0.05) is 18.2 Å². The monoisotopic (exact) mass is 355 g/mol. The van der Waals surface area contributed by atoms with Gasteiger partial charge in [0.2, 0.25) is 0 Å². The molecule has 0 spiro atoms. The second-order valence-electron chi connectivity index (χ2n) is 4.57. The zero-order chi connectivity index (χ0) is 15.2. The first-order valence-electron chi connectivity index (χ1n) is 6.66. The zero-order valence-electron chi connectivity index (χ0n) is 11.6.